The van der Waals surface area contributed by atoms with Crippen LogP contribution in [0.1, 0.15) is 28.6 Å². The summed E-state index contributed by atoms with van der Waals surface area (Å²) < 4.78 is 13.6. The predicted octanol–water partition coefficient (Wildman–Crippen LogP) is 0.854. The smallest absolute Gasteiger partial charge is 0.351 e. The van der Waals surface area contributed by atoms with Crippen molar-refractivity contribution in [2.75, 3.05) is 6.61 Å². The summed E-state index contributed by atoms with van der Waals surface area (Å²) in [5.74, 6) is -0.308. The maximum atomic E-state index is 12.6. The van der Waals surface area contributed by atoms with Crippen molar-refractivity contribution in [1.29, 1.82) is 0 Å². The van der Waals surface area contributed by atoms with E-state index in [0.717, 1.165) is 0 Å². The number of ether oxygens (including phenoxy) is 2. The summed E-state index contributed by atoms with van der Waals surface area (Å²) in [4.78, 5) is 48.3. The zero-order chi connectivity index (χ0) is 22.7. The molecule has 1 saturated heterocycles. The molecule has 0 N–H and O–H groups in total. The van der Waals surface area contributed by atoms with E-state index < -0.39 is 35.2 Å². The van der Waals surface area contributed by atoms with Gasteiger partial charge in [0.1, 0.15) is 37.7 Å². The molecule has 0 spiro atoms. The molecule has 13 nitrogen and oxygen atoms in total. The number of nitrogens with zero attached hydrogens (tertiary/aromatic N) is 6. The topological polar surface area (TPSA) is 154 Å². The lowest BCUT2D eigenvalue weighted by molar-refractivity contribution is -0.769. The number of hydrogen-bond donors (Lipinski definition) is 0. The van der Waals surface area contributed by atoms with Gasteiger partial charge in [-0.05, 0) is 19.1 Å². The van der Waals surface area contributed by atoms with Crippen LogP contribution in [-0.4, -0.2) is 54.2 Å². The van der Waals surface area contributed by atoms with Crippen molar-refractivity contribution in [3.63, 3.8) is 0 Å². The lowest BCUT2D eigenvalue weighted by Gasteiger charge is -2.17. The molecule has 1 aliphatic rings. The van der Waals surface area contributed by atoms with Crippen molar-refractivity contribution in [3.05, 3.63) is 80.9 Å². The molecule has 0 unspecified atom stereocenters. The van der Waals surface area contributed by atoms with Gasteiger partial charge < -0.3 is 14.3 Å². The molecule has 0 amide bonds. The van der Waals surface area contributed by atoms with Crippen molar-refractivity contribution < 1.29 is 24.2 Å². The first-order valence-electron chi connectivity index (χ1n) is 9.56. The summed E-state index contributed by atoms with van der Waals surface area (Å²) in [6.45, 7) is 1.43. The molecule has 0 aliphatic carbocycles. The van der Waals surface area contributed by atoms with Gasteiger partial charge in [0.15, 0.2) is 5.82 Å². The Balaban J connectivity index is 1.52. The minimum atomic E-state index is -1.04. The normalized spacial score (nSPS) is 20.1. The van der Waals surface area contributed by atoms with Crippen LogP contribution in [0.25, 0.3) is 5.82 Å². The van der Waals surface area contributed by atoms with Crippen molar-refractivity contribution >= 4 is 5.97 Å². The van der Waals surface area contributed by atoms with Crippen LogP contribution in [0, 0.1) is 17.0 Å². The van der Waals surface area contributed by atoms with Crippen LogP contribution in [0.4, 0.5) is 0 Å². The largest absolute Gasteiger partial charge is 0.459 e. The second-order valence-corrected chi connectivity index (χ2v) is 6.97. The monoisotopic (exact) mass is 442 g/mol. The summed E-state index contributed by atoms with van der Waals surface area (Å²) in [7, 11) is 0. The molecule has 0 bridgehead atoms. The summed E-state index contributed by atoms with van der Waals surface area (Å²) in [6.07, 6.45) is 1.32. The number of esters is 1. The van der Waals surface area contributed by atoms with Gasteiger partial charge in [0.2, 0.25) is 0 Å². The van der Waals surface area contributed by atoms with Crippen molar-refractivity contribution in [2.45, 2.75) is 31.8 Å². The van der Waals surface area contributed by atoms with Crippen LogP contribution in [0.15, 0.2) is 54.0 Å². The SMILES string of the molecule is Cc1cn([C@H]2C[C@H](O[N+](=O)[O-])[C@@H](COC(=O)c3ccccc3)O2)c(=O)nc1-n1cncn1. The number of rotatable bonds is 7. The fourth-order valence-corrected chi connectivity index (χ4v) is 3.37. The zero-order valence-corrected chi connectivity index (χ0v) is 16.8. The number of carbonyl (C=O) groups excluding carboxylic acids is 1. The molecular weight excluding hydrogens is 424 g/mol. The van der Waals surface area contributed by atoms with E-state index in [1.54, 1.807) is 37.3 Å². The molecule has 3 aromatic rings. The van der Waals surface area contributed by atoms with Crippen molar-refractivity contribution in [3.8, 4) is 5.82 Å². The van der Waals surface area contributed by atoms with Gasteiger partial charge in [-0.15, -0.1) is 10.1 Å². The molecular formula is C19H18N6O7. The van der Waals surface area contributed by atoms with Gasteiger partial charge in [0, 0.05) is 18.2 Å². The predicted molar refractivity (Wildman–Crippen MR) is 105 cm³/mol. The van der Waals surface area contributed by atoms with Crippen molar-refractivity contribution in [1.82, 2.24) is 24.3 Å². The molecule has 166 valence electrons. The van der Waals surface area contributed by atoms with E-state index in [1.165, 1.54) is 28.1 Å². The van der Waals surface area contributed by atoms with Crippen LogP contribution in [0.3, 0.4) is 0 Å². The third kappa shape index (κ3) is 4.46. The quantitative estimate of drug-likeness (QED) is 0.292. The van der Waals surface area contributed by atoms with Crippen LogP contribution >= 0.6 is 0 Å². The molecule has 3 atom stereocenters. The summed E-state index contributed by atoms with van der Waals surface area (Å²) >= 11 is 0. The highest BCUT2D eigenvalue weighted by Gasteiger charge is 2.40. The number of aryl methyl sites for hydroxylation is 1. The van der Waals surface area contributed by atoms with Gasteiger partial charge in [0.25, 0.3) is 5.09 Å². The standard InChI is InChI=1S/C19H18N6O7/c1-12-8-23(19(27)22-17(12)24-11-20-10-21-24)16-7-14(32-25(28)29)15(31-16)9-30-18(26)13-5-3-2-4-6-13/h2-6,8,10-11,14-16H,7,9H2,1H3/t14-,15+,16+/m0/s1. The summed E-state index contributed by atoms with van der Waals surface area (Å²) in [6, 6.07) is 8.28. The molecule has 0 radical (unpaired) electrons. The van der Waals surface area contributed by atoms with Crippen LogP contribution < -0.4 is 5.69 Å². The van der Waals surface area contributed by atoms with E-state index in [2.05, 4.69) is 15.1 Å². The highest BCUT2D eigenvalue weighted by molar-refractivity contribution is 5.89. The highest BCUT2D eigenvalue weighted by atomic mass is 17.0. The second-order valence-electron chi connectivity index (χ2n) is 6.97. The van der Waals surface area contributed by atoms with E-state index in [0.29, 0.717) is 16.9 Å². The first-order chi connectivity index (χ1) is 15.4. The number of hydrogen-bond acceptors (Lipinski definition) is 10. The summed E-state index contributed by atoms with van der Waals surface area (Å²) in [5.41, 5.74) is 0.283. The lowest BCUT2D eigenvalue weighted by atomic mass is 10.2. The van der Waals surface area contributed by atoms with Gasteiger partial charge in [-0.3, -0.25) is 4.57 Å². The molecule has 32 heavy (non-hydrogen) atoms. The third-order valence-corrected chi connectivity index (χ3v) is 4.84. The van der Waals surface area contributed by atoms with E-state index in [-0.39, 0.29) is 13.0 Å². The van der Waals surface area contributed by atoms with Gasteiger partial charge in [0.05, 0.1) is 5.56 Å². The van der Waals surface area contributed by atoms with Gasteiger partial charge in [-0.1, -0.05) is 18.2 Å². The number of aromatic nitrogens is 5. The van der Waals surface area contributed by atoms with Crippen LogP contribution in [-0.2, 0) is 14.3 Å². The minimum absolute atomic E-state index is 0.0156. The van der Waals surface area contributed by atoms with Crippen LogP contribution in [0.2, 0.25) is 0 Å². The van der Waals surface area contributed by atoms with E-state index in [9.17, 15) is 19.7 Å². The minimum Gasteiger partial charge on any atom is -0.459 e. The Morgan fingerprint density at radius 2 is 2.12 bits per heavy atom. The number of benzene rings is 1. The molecule has 0 saturated carbocycles. The Morgan fingerprint density at radius 1 is 1.34 bits per heavy atom. The zero-order valence-electron chi connectivity index (χ0n) is 16.8. The number of carbonyl (C=O) groups is 1. The van der Waals surface area contributed by atoms with E-state index in [4.69, 9.17) is 14.3 Å². The molecule has 1 aliphatic heterocycles. The summed E-state index contributed by atoms with van der Waals surface area (Å²) in [5, 5.41) is 13.9. The molecule has 4 rings (SSSR count). The lowest BCUT2D eigenvalue weighted by Crippen LogP contribution is -2.32. The van der Waals surface area contributed by atoms with Gasteiger partial charge in [-0.25, -0.2) is 19.3 Å². The maximum Gasteiger partial charge on any atom is 0.351 e. The van der Waals surface area contributed by atoms with Gasteiger partial charge >= 0.3 is 11.7 Å². The highest BCUT2D eigenvalue weighted by Crippen LogP contribution is 2.30. The Labute approximate surface area is 180 Å². The Morgan fingerprint density at radius 3 is 2.81 bits per heavy atom. The fourth-order valence-electron chi connectivity index (χ4n) is 3.37. The molecule has 1 aromatic carbocycles. The molecule has 13 heteroatoms. The Kier molecular flexibility index (Phi) is 5.89. The van der Waals surface area contributed by atoms with Crippen molar-refractivity contribution in [2.24, 2.45) is 0 Å². The first kappa shape index (κ1) is 21.1. The van der Waals surface area contributed by atoms with Gasteiger partial charge in [-0.2, -0.15) is 10.1 Å². The third-order valence-electron chi connectivity index (χ3n) is 4.84. The van der Waals surface area contributed by atoms with Crippen LogP contribution in [0.5, 0.6) is 0 Å². The second kappa shape index (κ2) is 8.93. The maximum absolute atomic E-state index is 12.6. The molecule has 3 heterocycles. The molecule has 1 fully saturated rings. The van der Waals surface area contributed by atoms with E-state index in [1.807, 2.05) is 0 Å². The average Bonchev–Trinajstić information content (AvgIpc) is 3.44. The first-order valence-corrected chi connectivity index (χ1v) is 9.56. The Bertz CT molecular complexity index is 1160. The Hall–Kier alpha value is -4.13. The fraction of sp³-hybridized carbons (Fsp3) is 0.316. The average molecular weight is 442 g/mol. The van der Waals surface area contributed by atoms with E-state index >= 15 is 0 Å². The molecule has 2 aromatic heterocycles.